The van der Waals surface area contributed by atoms with E-state index in [1.165, 1.54) is 0 Å². The van der Waals surface area contributed by atoms with Crippen LogP contribution in [0.2, 0.25) is 0 Å². The van der Waals surface area contributed by atoms with Gasteiger partial charge in [-0.05, 0) is 13.5 Å². The van der Waals surface area contributed by atoms with Crippen LogP contribution in [0.3, 0.4) is 0 Å². The normalized spacial score (nSPS) is 12.4. The van der Waals surface area contributed by atoms with Crippen LogP contribution < -0.4 is 10.6 Å². The molecule has 0 bridgehead atoms. The molecule has 1 unspecified atom stereocenters. The van der Waals surface area contributed by atoms with Crippen LogP contribution in [0.1, 0.15) is 32.1 Å². The Morgan fingerprint density at radius 2 is 2.47 bits per heavy atom. The summed E-state index contributed by atoms with van der Waals surface area (Å²) in [4.78, 5) is 18.5. The van der Waals surface area contributed by atoms with Crippen molar-refractivity contribution in [2.75, 3.05) is 13.1 Å². The fourth-order valence-electron chi connectivity index (χ4n) is 1.27. The van der Waals surface area contributed by atoms with Gasteiger partial charge >= 0.3 is 0 Å². The Balaban J connectivity index is 2.26. The lowest BCUT2D eigenvalue weighted by Gasteiger charge is -2.11. The molecule has 1 amide bonds. The standard InChI is InChI=1S/C10H18N4O/c1-3-11-5-4-9(15)14-8(2)10-12-6-7-13-10/h6-8,11H,3-5H2,1-2H3,(H,12,13)(H,14,15). The van der Waals surface area contributed by atoms with Gasteiger partial charge in [0.25, 0.3) is 0 Å². The minimum atomic E-state index is -0.0610. The van der Waals surface area contributed by atoms with Crippen LogP contribution in [0.15, 0.2) is 12.4 Å². The first-order chi connectivity index (χ1) is 7.24. The molecule has 0 saturated carbocycles. The average molecular weight is 210 g/mol. The first kappa shape index (κ1) is 11.7. The van der Waals surface area contributed by atoms with Gasteiger partial charge < -0.3 is 15.6 Å². The van der Waals surface area contributed by atoms with Gasteiger partial charge in [-0.3, -0.25) is 4.79 Å². The second-order valence-electron chi connectivity index (χ2n) is 3.37. The van der Waals surface area contributed by atoms with Gasteiger partial charge in [-0.1, -0.05) is 6.92 Å². The third-order valence-corrected chi connectivity index (χ3v) is 2.09. The van der Waals surface area contributed by atoms with Gasteiger partial charge in [-0.2, -0.15) is 0 Å². The number of amides is 1. The summed E-state index contributed by atoms with van der Waals surface area (Å²) in [5.41, 5.74) is 0. The molecule has 1 aromatic heterocycles. The maximum Gasteiger partial charge on any atom is 0.221 e. The van der Waals surface area contributed by atoms with Gasteiger partial charge in [0.2, 0.25) is 5.91 Å². The quantitative estimate of drug-likeness (QED) is 0.602. The molecule has 0 aliphatic rings. The van der Waals surface area contributed by atoms with E-state index >= 15 is 0 Å². The fraction of sp³-hybridized carbons (Fsp3) is 0.600. The second kappa shape index (κ2) is 6.19. The van der Waals surface area contributed by atoms with E-state index in [1.807, 2.05) is 13.8 Å². The van der Waals surface area contributed by atoms with E-state index in [2.05, 4.69) is 20.6 Å². The van der Waals surface area contributed by atoms with E-state index in [-0.39, 0.29) is 11.9 Å². The Morgan fingerprint density at radius 3 is 3.07 bits per heavy atom. The molecule has 5 nitrogen and oxygen atoms in total. The highest BCUT2D eigenvalue weighted by molar-refractivity contribution is 5.76. The fourth-order valence-corrected chi connectivity index (χ4v) is 1.27. The van der Waals surface area contributed by atoms with Crippen molar-refractivity contribution in [1.82, 2.24) is 20.6 Å². The molecule has 0 aliphatic heterocycles. The molecular weight excluding hydrogens is 192 g/mol. The van der Waals surface area contributed by atoms with Gasteiger partial charge in [0.1, 0.15) is 5.82 Å². The van der Waals surface area contributed by atoms with Crippen molar-refractivity contribution in [1.29, 1.82) is 0 Å². The van der Waals surface area contributed by atoms with Crippen molar-refractivity contribution in [3.63, 3.8) is 0 Å². The van der Waals surface area contributed by atoms with Crippen molar-refractivity contribution in [2.24, 2.45) is 0 Å². The monoisotopic (exact) mass is 210 g/mol. The predicted molar refractivity (Wildman–Crippen MR) is 58.3 cm³/mol. The zero-order valence-electron chi connectivity index (χ0n) is 9.21. The molecule has 0 aliphatic carbocycles. The summed E-state index contributed by atoms with van der Waals surface area (Å²) in [5.74, 6) is 0.826. The van der Waals surface area contributed by atoms with Crippen molar-refractivity contribution in [3.05, 3.63) is 18.2 Å². The van der Waals surface area contributed by atoms with Gasteiger partial charge in [-0.25, -0.2) is 4.98 Å². The van der Waals surface area contributed by atoms with Gasteiger partial charge in [-0.15, -0.1) is 0 Å². The van der Waals surface area contributed by atoms with E-state index in [0.29, 0.717) is 13.0 Å². The molecule has 0 aromatic carbocycles. The van der Waals surface area contributed by atoms with E-state index < -0.39 is 0 Å². The summed E-state index contributed by atoms with van der Waals surface area (Å²) in [6, 6.07) is -0.0610. The van der Waals surface area contributed by atoms with E-state index in [0.717, 1.165) is 12.4 Å². The third-order valence-electron chi connectivity index (χ3n) is 2.09. The Morgan fingerprint density at radius 1 is 1.67 bits per heavy atom. The Labute approximate surface area is 89.7 Å². The molecular formula is C10H18N4O. The molecule has 0 fully saturated rings. The number of nitrogens with zero attached hydrogens (tertiary/aromatic N) is 1. The SMILES string of the molecule is CCNCCC(=O)NC(C)c1ncc[nH]1. The van der Waals surface area contributed by atoms with Crippen LogP contribution in [-0.2, 0) is 4.79 Å². The molecule has 1 heterocycles. The number of aromatic nitrogens is 2. The minimum Gasteiger partial charge on any atom is -0.347 e. The highest BCUT2D eigenvalue weighted by Gasteiger charge is 2.10. The predicted octanol–water partition coefficient (Wildman–Crippen LogP) is 0.586. The topological polar surface area (TPSA) is 69.8 Å². The van der Waals surface area contributed by atoms with E-state index in [4.69, 9.17) is 0 Å². The third kappa shape index (κ3) is 4.12. The Kier molecular flexibility index (Phi) is 4.83. The minimum absolute atomic E-state index is 0.0415. The second-order valence-corrected chi connectivity index (χ2v) is 3.37. The maximum absolute atomic E-state index is 11.4. The lowest BCUT2D eigenvalue weighted by molar-refractivity contribution is -0.121. The number of aromatic amines is 1. The van der Waals surface area contributed by atoms with E-state index in [9.17, 15) is 4.79 Å². The highest BCUT2D eigenvalue weighted by Crippen LogP contribution is 2.04. The number of hydrogen-bond donors (Lipinski definition) is 3. The number of carbonyl (C=O) groups is 1. The number of imidazole rings is 1. The molecule has 15 heavy (non-hydrogen) atoms. The summed E-state index contributed by atoms with van der Waals surface area (Å²) in [7, 11) is 0. The number of hydrogen-bond acceptors (Lipinski definition) is 3. The average Bonchev–Trinajstić information content (AvgIpc) is 2.70. The summed E-state index contributed by atoms with van der Waals surface area (Å²) < 4.78 is 0. The summed E-state index contributed by atoms with van der Waals surface area (Å²) >= 11 is 0. The molecule has 5 heteroatoms. The summed E-state index contributed by atoms with van der Waals surface area (Å²) in [6.45, 7) is 5.53. The maximum atomic E-state index is 11.4. The van der Waals surface area contributed by atoms with Gasteiger partial charge in [0.05, 0.1) is 6.04 Å². The van der Waals surface area contributed by atoms with Crippen molar-refractivity contribution >= 4 is 5.91 Å². The molecule has 84 valence electrons. The first-order valence-corrected chi connectivity index (χ1v) is 5.23. The van der Waals surface area contributed by atoms with Crippen LogP contribution in [0.25, 0.3) is 0 Å². The van der Waals surface area contributed by atoms with Gasteiger partial charge in [0.15, 0.2) is 0 Å². The van der Waals surface area contributed by atoms with Crippen LogP contribution >= 0.6 is 0 Å². The molecule has 1 aromatic rings. The van der Waals surface area contributed by atoms with Crippen molar-refractivity contribution < 1.29 is 4.79 Å². The summed E-state index contributed by atoms with van der Waals surface area (Å²) in [6.07, 6.45) is 3.92. The van der Waals surface area contributed by atoms with Crippen LogP contribution in [0, 0.1) is 0 Å². The van der Waals surface area contributed by atoms with Gasteiger partial charge in [0, 0.05) is 25.4 Å². The number of nitrogens with one attached hydrogen (secondary N) is 3. The Bertz CT molecular complexity index is 284. The Hall–Kier alpha value is -1.36. The number of rotatable bonds is 6. The van der Waals surface area contributed by atoms with Crippen LogP contribution in [0.5, 0.6) is 0 Å². The molecule has 0 saturated heterocycles. The lowest BCUT2D eigenvalue weighted by atomic mass is 10.3. The molecule has 1 atom stereocenters. The first-order valence-electron chi connectivity index (χ1n) is 5.23. The van der Waals surface area contributed by atoms with Crippen molar-refractivity contribution in [2.45, 2.75) is 26.3 Å². The molecule has 0 radical (unpaired) electrons. The smallest absolute Gasteiger partial charge is 0.221 e. The zero-order chi connectivity index (χ0) is 11.1. The molecule has 0 spiro atoms. The lowest BCUT2D eigenvalue weighted by Crippen LogP contribution is -2.30. The van der Waals surface area contributed by atoms with E-state index in [1.54, 1.807) is 12.4 Å². The highest BCUT2D eigenvalue weighted by atomic mass is 16.1. The number of carbonyl (C=O) groups excluding carboxylic acids is 1. The molecule has 3 N–H and O–H groups in total. The molecule has 1 rings (SSSR count). The zero-order valence-corrected chi connectivity index (χ0v) is 9.21. The van der Waals surface area contributed by atoms with Crippen LogP contribution in [-0.4, -0.2) is 29.0 Å². The largest absolute Gasteiger partial charge is 0.347 e. The van der Waals surface area contributed by atoms with Crippen molar-refractivity contribution in [3.8, 4) is 0 Å². The van der Waals surface area contributed by atoms with Crippen LogP contribution in [0.4, 0.5) is 0 Å². The summed E-state index contributed by atoms with van der Waals surface area (Å²) in [5, 5.41) is 5.97. The number of H-pyrrole nitrogens is 1.